The number of hydrogen-bond acceptors (Lipinski definition) is 8. The van der Waals surface area contributed by atoms with Crippen molar-refractivity contribution in [1.82, 2.24) is 0 Å². The highest BCUT2D eigenvalue weighted by Crippen LogP contribution is 2.14. The molecule has 0 fully saturated rings. The molecule has 0 aromatic heterocycles. The molecule has 0 aliphatic heterocycles. The molecule has 0 saturated carbocycles. The second kappa shape index (κ2) is 53.0. The second-order valence-corrected chi connectivity index (χ2v) is 24.5. The largest absolute Gasteiger partial charge is 0.286 e. The van der Waals surface area contributed by atoms with Gasteiger partial charge in [0.15, 0.2) is 0 Å². The molecule has 0 aromatic rings. The predicted octanol–water partition coefficient (Wildman–Crippen LogP) is 15.6. The van der Waals surface area contributed by atoms with Gasteiger partial charge in [-0.15, -0.1) is 0 Å². The van der Waals surface area contributed by atoms with Crippen LogP contribution in [-0.4, -0.2) is 74.9 Å². The van der Waals surface area contributed by atoms with Crippen molar-refractivity contribution in [2.45, 2.75) is 291 Å². The minimum absolute atomic E-state index is 0.0789. The molecule has 12 nitrogen and oxygen atoms in total. The smallest absolute Gasteiger partial charge is 0.264 e. The predicted molar refractivity (Wildman–Crippen MR) is 278 cm³/mol. The molecule has 0 rings (SSSR count). The van der Waals surface area contributed by atoms with Crippen LogP contribution in [0.25, 0.3) is 0 Å². The molecule has 0 radical (unpaired) electrons. The lowest BCUT2D eigenvalue weighted by atomic mass is 10.1. The molecule has 0 aliphatic carbocycles. The van der Waals surface area contributed by atoms with Crippen LogP contribution in [0.2, 0.25) is 0 Å². The molecule has 0 aliphatic rings. The van der Waals surface area contributed by atoms with Crippen LogP contribution in [0.1, 0.15) is 291 Å². The Morgan fingerprint density at radius 3 is 0.369 bits per heavy atom. The SMILES string of the molecule is CCCCCCCCCCCCCCS(=O)(=O)O.CCCCCCCCCCCCCS(=O)(=O)O.CCCCCCCCCCCCS(=O)(=O)O.CCCCCCCCCCS(=O)(=O)O. The van der Waals surface area contributed by atoms with E-state index in [2.05, 4.69) is 27.7 Å². The first kappa shape index (κ1) is 71.2. The van der Waals surface area contributed by atoms with E-state index in [0.29, 0.717) is 25.7 Å². The van der Waals surface area contributed by atoms with Crippen LogP contribution in [0.3, 0.4) is 0 Å². The zero-order valence-corrected chi connectivity index (χ0v) is 45.8. The monoisotopic (exact) mass is 1010 g/mol. The van der Waals surface area contributed by atoms with Crippen LogP contribution in [0.5, 0.6) is 0 Å². The maximum atomic E-state index is 10.5. The summed E-state index contributed by atoms with van der Waals surface area (Å²) in [5.74, 6) is -0.320. The van der Waals surface area contributed by atoms with Crippen LogP contribution in [0, 0.1) is 0 Å². The fourth-order valence-corrected chi connectivity index (χ4v) is 9.54. The van der Waals surface area contributed by atoms with E-state index < -0.39 is 40.5 Å². The minimum atomic E-state index is -3.74. The number of rotatable bonds is 45. The van der Waals surface area contributed by atoms with E-state index in [4.69, 9.17) is 18.2 Å². The van der Waals surface area contributed by atoms with Gasteiger partial charge in [0.25, 0.3) is 40.5 Å². The highest BCUT2D eigenvalue weighted by molar-refractivity contribution is 7.86. The Kier molecular flexibility index (Phi) is 58.1. The van der Waals surface area contributed by atoms with Gasteiger partial charge >= 0.3 is 0 Å². The topological polar surface area (TPSA) is 217 Å². The van der Waals surface area contributed by atoms with Crippen molar-refractivity contribution < 1.29 is 51.9 Å². The molecular formula is C49H106O12S4. The van der Waals surface area contributed by atoms with Crippen molar-refractivity contribution in [3.05, 3.63) is 0 Å². The third-order valence-corrected chi connectivity index (χ3v) is 14.5. The molecule has 0 aromatic carbocycles. The van der Waals surface area contributed by atoms with Gasteiger partial charge < -0.3 is 0 Å². The Morgan fingerprint density at radius 1 is 0.185 bits per heavy atom. The third kappa shape index (κ3) is 87.3. The average Bonchev–Trinajstić information content (AvgIpc) is 3.21. The molecule has 0 atom stereocenters. The van der Waals surface area contributed by atoms with Crippen LogP contribution in [0.15, 0.2) is 0 Å². The van der Waals surface area contributed by atoms with Gasteiger partial charge in [0.05, 0.1) is 23.0 Å². The minimum Gasteiger partial charge on any atom is -0.286 e. The maximum Gasteiger partial charge on any atom is 0.264 e. The molecule has 0 heterocycles. The van der Waals surface area contributed by atoms with Crippen LogP contribution >= 0.6 is 0 Å². The standard InChI is InChI=1S/C14H30O3S.C13H28O3S.C12H26O3S.C10H22O3S/c1-2-3-4-5-6-7-8-9-10-11-12-13-14-18(15,16)17;1-2-3-4-5-6-7-8-9-10-11-12-13-17(14,15)16;1-2-3-4-5-6-7-8-9-10-11-12-16(13,14)15;1-2-3-4-5-6-7-8-9-10-14(11,12)13/h2-14H2,1H3,(H,15,16,17);2-13H2,1H3,(H,14,15,16);2-12H2,1H3,(H,13,14,15);2-10H2,1H3,(H,11,12,13). The van der Waals surface area contributed by atoms with Crippen molar-refractivity contribution in [2.75, 3.05) is 23.0 Å². The molecule has 398 valence electrons. The zero-order valence-electron chi connectivity index (χ0n) is 42.5. The number of hydrogen-bond donors (Lipinski definition) is 4. The Balaban J connectivity index is -0.000000383. The van der Waals surface area contributed by atoms with Gasteiger partial charge in [0.1, 0.15) is 0 Å². The lowest BCUT2D eigenvalue weighted by molar-refractivity contribution is 0.476. The van der Waals surface area contributed by atoms with Gasteiger partial charge in [-0.25, -0.2) is 0 Å². The Labute approximate surface area is 404 Å². The highest BCUT2D eigenvalue weighted by Gasteiger charge is 2.05. The fourth-order valence-electron chi connectivity index (χ4n) is 7.26. The lowest BCUT2D eigenvalue weighted by Gasteiger charge is -2.02. The molecular weight excluding hydrogens is 909 g/mol. The van der Waals surface area contributed by atoms with Crippen molar-refractivity contribution in [2.24, 2.45) is 0 Å². The van der Waals surface area contributed by atoms with Crippen molar-refractivity contribution in [3.63, 3.8) is 0 Å². The molecule has 0 saturated heterocycles. The summed E-state index contributed by atoms with van der Waals surface area (Å²) in [6.45, 7) is 8.87. The molecule has 65 heavy (non-hydrogen) atoms. The first-order chi connectivity index (χ1) is 30.7. The van der Waals surface area contributed by atoms with Gasteiger partial charge in [0.2, 0.25) is 0 Å². The molecule has 0 bridgehead atoms. The average molecular weight is 1020 g/mol. The summed E-state index contributed by atoms with van der Waals surface area (Å²) in [5.41, 5.74) is 0. The Morgan fingerprint density at radius 2 is 0.277 bits per heavy atom. The van der Waals surface area contributed by atoms with E-state index in [1.54, 1.807) is 0 Å². The van der Waals surface area contributed by atoms with E-state index in [0.717, 1.165) is 51.4 Å². The fraction of sp³-hybridized carbons (Fsp3) is 1.00. The summed E-state index contributed by atoms with van der Waals surface area (Å²) in [6, 6.07) is 0. The Hall–Kier alpha value is -0.360. The summed E-state index contributed by atoms with van der Waals surface area (Å²) in [5, 5.41) is 0. The van der Waals surface area contributed by atoms with Crippen LogP contribution < -0.4 is 0 Å². The molecule has 16 heteroatoms. The van der Waals surface area contributed by atoms with E-state index >= 15 is 0 Å². The van der Waals surface area contributed by atoms with Gasteiger partial charge in [-0.2, -0.15) is 33.7 Å². The summed E-state index contributed by atoms with van der Waals surface area (Å²) >= 11 is 0. The van der Waals surface area contributed by atoms with Gasteiger partial charge in [-0.05, 0) is 25.7 Å². The zero-order chi connectivity index (χ0) is 49.8. The van der Waals surface area contributed by atoms with E-state index in [9.17, 15) is 33.7 Å². The van der Waals surface area contributed by atoms with Crippen molar-refractivity contribution in [3.8, 4) is 0 Å². The quantitative estimate of drug-likeness (QED) is 0.0331. The normalized spacial score (nSPS) is 11.9. The molecule has 0 unspecified atom stereocenters. The summed E-state index contributed by atoms with van der Waals surface area (Å²) < 4.78 is 117. The van der Waals surface area contributed by atoms with E-state index in [1.807, 2.05) is 0 Å². The Bertz CT molecular complexity index is 1370. The summed E-state index contributed by atoms with van der Waals surface area (Å²) in [4.78, 5) is 0. The molecule has 4 N–H and O–H groups in total. The van der Waals surface area contributed by atoms with E-state index in [1.165, 1.54) is 186 Å². The van der Waals surface area contributed by atoms with Crippen LogP contribution in [0.4, 0.5) is 0 Å². The first-order valence-electron chi connectivity index (χ1n) is 26.5. The van der Waals surface area contributed by atoms with Gasteiger partial charge in [0, 0.05) is 0 Å². The summed E-state index contributed by atoms with van der Waals surface area (Å²) in [7, 11) is -14.9. The van der Waals surface area contributed by atoms with Gasteiger partial charge in [-0.1, -0.05) is 265 Å². The summed E-state index contributed by atoms with van der Waals surface area (Å²) in [6.07, 6.45) is 48.1. The van der Waals surface area contributed by atoms with Gasteiger partial charge in [-0.3, -0.25) is 18.2 Å². The van der Waals surface area contributed by atoms with Crippen molar-refractivity contribution in [1.29, 1.82) is 0 Å². The molecule has 0 amide bonds. The van der Waals surface area contributed by atoms with E-state index in [-0.39, 0.29) is 23.0 Å². The van der Waals surface area contributed by atoms with Crippen LogP contribution in [-0.2, 0) is 40.5 Å². The second-order valence-electron chi connectivity index (χ2n) is 18.2. The highest BCUT2D eigenvalue weighted by atomic mass is 32.2. The first-order valence-corrected chi connectivity index (χ1v) is 33.0. The maximum absolute atomic E-state index is 10.5. The lowest BCUT2D eigenvalue weighted by Crippen LogP contribution is -2.03. The molecule has 0 spiro atoms. The van der Waals surface area contributed by atoms with Crippen molar-refractivity contribution >= 4 is 40.5 Å². The third-order valence-electron chi connectivity index (χ3n) is 11.3. The number of unbranched alkanes of at least 4 members (excludes halogenated alkanes) is 37.